The molecule has 0 aromatic heterocycles. The van der Waals surface area contributed by atoms with E-state index < -0.39 is 0 Å². The van der Waals surface area contributed by atoms with Crippen molar-refractivity contribution in [3.05, 3.63) is 24.3 Å². The molecule has 0 fully saturated rings. The van der Waals surface area contributed by atoms with Crippen molar-refractivity contribution in [3.63, 3.8) is 0 Å². The first-order chi connectivity index (χ1) is 5.86. The Morgan fingerprint density at radius 2 is 1.67 bits per heavy atom. The Kier molecular flexibility index (Phi) is 3.45. The lowest BCUT2D eigenvalue weighted by molar-refractivity contribution is 0.316. The molecule has 0 amide bonds. The van der Waals surface area contributed by atoms with E-state index in [1.54, 1.807) is 7.11 Å². The summed E-state index contributed by atoms with van der Waals surface area (Å²) < 4.78 is 10.4. The van der Waals surface area contributed by atoms with Gasteiger partial charge in [-0.25, -0.2) is 0 Å². The van der Waals surface area contributed by atoms with Crippen LogP contribution >= 0.6 is 0 Å². The second-order valence-electron chi connectivity index (χ2n) is 2.52. The topological polar surface area (TPSA) is 18.5 Å². The van der Waals surface area contributed by atoms with Gasteiger partial charge in [-0.05, 0) is 30.7 Å². The molecule has 0 aliphatic heterocycles. The van der Waals surface area contributed by atoms with Gasteiger partial charge in [0, 0.05) is 0 Å². The summed E-state index contributed by atoms with van der Waals surface area (Å²) in [5.74, 6) is 1.76. The molecule has 0 atom stereocenters. The Morgan fingerprint density at radius 1 is 1.08 bits per heavy atom. The summed E-state index contributed by atoms with van der Waals surface area (Å²) in [6, 6.07) is 7.61. The summed E-state index contributed by atoms with van der Waals surface area (Å²) in [7, 11) is 1.65. The molecular formula is C10H14O2. The second kappa shape index (κ2) is 4.65. The van der Waals surface area contributed by atoms with Crippen molar-refractivity contribution in [3.8, 4) is 11.5 Å². The van der Waals surface area contributed by atoms with E-state index in [-0.39, 0.29) is 0 Å². The standard InChI is InChI=1S/C10H14O2/c1-3-8-12-10-6-4-9(11-2)5-7-10/h4-7H,3,8H2,1-2H3. The molecule has 0 N–H and O–H groups in total. The number of ether oxygens (including phenoxy) is 2. The van der Waals surface area contributed by atoms with Gasteiger partial charge in [-0.2, -0.15) is 0 Å². The molecule has 0 spiro atoms. The van der Waals surface area contributed by atoms with Gasteiger partial charge in [0.15, 0.2) is 0 Å². The highest BCUT2D eigenvalue weighted by molar-refractivity contribution is 5.30. The molecule has 0 radical (unpaired) electrons. The quantitative estimate of drug-likeness (QED) is 0.684. The van der Waals surface area contributed by atoms with Gasteiger partial charge in [0.2, 0.25) is 0 Å². The fourth-order valence-corrected chi connectivity index (χ4v) is 0.892. The smallest absolute Gasteiger partial charge is 0.119 e. The molecule has 0 unspecified atom stereocenters. The Labute approximate surface area is 73.1 Å². The van der Waals surface area contributed by atoms with Crippen LogP contribution in [0.3, 0.4) is 0 Å². The second-order valence-corrected chi connectivity index (χ2v) is 2.52. The minimum Gasteiger partial charge on any atom is -0.497 e. The highest BCUT2D eigenvalue weighted by Crippen LogP contribution is 2.16. The maximum atomic E-state index is 5.40. The number of hydrogen-bond donors (Lipinski definition) is 0. The molecule has 66 valence electrons. The van der Waals surface area contributed by atoms with Crippen LogP contribution in [0.25, 0.3) is 0 Å². The molecular weight excluding hydrogens is 152 g/mol. The van der Waals surface area contributed by atoms with Gasteiger partial charge < -0.3 is 9.47 Å². The molecule has 0 aliphatic carbocycles. The van der Waals surface area contributed by atoms with E-state index in [2.05, 4.69) is 6.92 Å². The van der Waals surface area contributed by atoms with Crippen LogP contribution in [0.4, 0.5) is 0 Å². The summed E-state index contributed by atoms with van der Waals surface area (Å²) in [6.07, 6.45) is 1.03. The molecule has 1 aromatic carbocycles. The normalized spacial score (nSPS) is 9.50. The van der Waals surface area contributed by atoms with Crippen molar-refractivity contribution >= 4 is 0 Å². The average Bonchev–Trinajstić information content (AvgIpc) is 2.15. The van der Waals surface area contributed by atoms with E-state index in [1.165, 1.54) is 0 Å². The van der Waals surface area contributed by atoms with Crippen molar-refractivity contribution in [1.82, 2.24) is 0 Å². The summed E-state index contributed by atoms with van der Waals surface area (Å²) in [5.41, 5.74) is 0. The number of benzene rings is 1. The maximum Gasteiger partial charge on any atom is 0.119 e. The van der Waals surface area contributed by atoms with Gasteiger partial charge in [0.05, 0.1) is 13.7 Å². The number of rotatable bonds is 4. The first-order valence-corrected chi connectivity index (χ1v) is 4.13. The van der Waals surface area contributed by atoms with Crippen molar-refractivity contribution in [2.75, 3.05) is 13.7 Å². The highest BCUT2D eigenvalue weighted by atomic mass is 16.5. The third-order valence-corrected chi connectivity index (χ3v) is 1.53. The fourth-order valence-electron chi connectivity index (χ4n) is 0.892. The maximum absolute atomic E-state index is 5.40. The lowest BCUT2D eigenvalue weighted by Crippen LogP contribution is -1.94. The molecule has 0 saturated carbocycles. The molecule has 0 bridgehead atoms. The fraction of sp³-hybridized carbons (Fsp3) is 0.400. The zero-order chi connectivity index (χ0) is 8.81. The van der Waals surface area contributed by atoms with Gasteiger partial charge in [0.25, 0.3) is 0 Å². The number of methoxy groups -OCH3 is 1. The summed E-state index contributed by atoms with van der Waals surface area (Å²) >= 11 is 0. The Morgan fingerprint density at radius 3 is 2.17 bits per heavy atom. The lowest BCUT2D eigenvalue weighted by atomic mass is 10.3. The van der Waals surface area contributed by atoms with Crippen LogP contribution in [0, 0.1) is 0 Å². The monoisotopic (exact) mass is 166 g/mol. The number of hydrogen-bond acceptors (Lipinski definition) is 2. The Bertz CT molecular complexity index is 216. The van der Waals surface area contributed by atoms with E-state index >= 15 is 0 Å². The van der Waals surface area contributed by atoms with Crippen LogP contribution in [-0.2, 0) is 0 Å². The largest absolute Gasteiger partial charge is 0.497 e. The summed E-state index contributed by atoms with van der Waals surface area (Å²) in [6.45, 7) is 2.86. The van der Waals surface area contributed by atoms with E-state index in [0.717, 1.165) is 24.5 Å². The van der Waals surface area contributed by atoms with Crippen LogP contribution < -0.4 is 9.47 Å². The molecule has 1 aromatic rings. The zero-order valence-electron chi connectivity index (χ0n) is 7.54. The molecule has 0 saturated heterocycles. The minimum absolute atomic E-state index is 0.770. The molecule has 0 aliphatic rings. The third kappa shape index (κ3) is 2.46. The van der Waals surface area contributed by atoms with Crippen LogP contribution in [0.15, 0.2) is 24.3 Å². The van der Waals surface area contributed by atoms with Crippen LogP contribution in [0.5, 0.6) is 11.5 Å². The molecule has 2 heteroatoms. The predicted octanol–water partition coefficient (Wildman–Crippen LogP) is 2.48. The highest BCUT2D eigenvalue weighted by Gasteiger charge is 1.92. The van der Waals surface area contributed by atoms with Crippen LogP contribution in [0.1, 0.15) is 13.3 Å². The SMILES string of the molecule is CCCOc1ccc(OC)cc1. The molecule has 12 heavy (non-hydrogen) atoms. The van der Waals surface area contributed by atoms with Crippen molar-refractivity contribution in [2.24, 2.45) is 0 Å². The van der Waals surface area contributed by atoms with E-state index in [1.807, 2.05) is 24.3 Å². The summed E-state index contributed by atoms with van der Waals surface area (Å²) in [4.78, 5) is 0. The first-order valence-electron chi connectivity index (χ1n) is 4.13. The Hall–Kier alpha value is -1.18. The summed E-state index contributed by atoms with van der Waals surface area (Å²) in [5, 5.41) is 0. The van der Waals surface area contributed by atoms with Gasteiger partial charge >= 0.3 is 0 Å². The van der Waals surface area contributed by atoms with Crippen LogP contribution in [-0.4, -0.2) is 13.7 Å². The van der Waals surface area contributed by atoms with Gasteiger partial charge in [-0.15, -0.1) is 0 Å². The van der Waals surface area contributed by atoms with E-state index in [4.69, 9.17) is 9.47 Å². The molecule has 2 nitrogen and oxygen atoms in total. The third-order valence-electron chi connectivity index (χ3n) is 1.53. The van der Waals surface area contributed by atoms with Gasteiger partial charge in [-0.1, -0.05) is 6.92 Å². The predicted molar refractivity (Wildman–Crippen MR) is 48.8 cm³/mol. The first kappa shape index (κ1) is 8.91. The van der Waals surface area contributed by atoms with E-state index in [9.17, 15) is 0 Å². The Balaban J connectivity index is 2.53. The molecule has 1 rings (SSSR count). The lowest BCUT2D eigenvalue weighted by Gasteiger charge is -2.04. The van der Waals surface area contributed by atoms with E-state index in [0.29, 0.717) is 0 Å². The van der Waals surface area contributed by atoms with Crippen LogP contribution in [0.2, 0.25) is 0 Å². The van der Waals surface area contributed by atoms with Crippen molar-refractivity contribution in [1.29, 1.82) is 0 Å². The molecule has 0 heterocycles. The van der Waals surface area contributed by atoms with Crippen molar-refractivity contribution < 1.29 is 9.47 Å². The van der Waals surface area contributed by atoms with Gasteiger partial charge in [-0.3, -0.25) is 0 Å². The minimum atomic E-state index is 0.770. The zero-order valence-corrected chi connectivity index (χ0v) is 7.54. The van der Waals surface area contributed by atoms with Gasteiger partial charge in [0.1, 0.15) is 11.5 Å². The average molecular weight is 166 g/mol. The van der Waals surface area contributed by atoms with Crippen molar-refractivity contribution in [2.45, 2.75) is 13.3 Å².